The Morgan fingerprint density at radius 1 is 1.37 bits per heavy atom. The predicted molar refractivity (Wildman–Crippen MR) is 67.4 cm³/mol. The number of carbonyl (C=O) groups excluding carboxylic acids is 1. The standard InChI is InChI=1S/C14H14N2O3/c1-8-7-12(8)14(17)18-11-5-3-10(4-6-11)13-15-9(2)19-16-13/h3-6,8,12H,7H2,1-2H3. The lowest BCUT2D eigenvalue weighted by atomic mass is 10.2. The number of aromatic nitrogens is 2. The molecule has 0 radical (unpaired) electrons. The molecule has 98 valence electrons. The van der Waals surface area contributed by atoms with Crippen LogP contribution in [0.15, 0.2) is 28.8 Å². The van der Waals surface area contributed by atoms with E-state index in [1.165, 1.54) is 0 Å². The maximum Gasteiger partial charge on any atom is 0.314 e. The average molecular weight is 258 g/mol. The second-order valence-electron chi connectivity index (χ2n) is 4.90. The fourth-order valence-electron chi connectivity index (χ4n) is 1.93. The Morgan fingerprint density at radius 2 is 2.05 bits per heavy atom. The van der Waals surface area contributed by atoms with Crippen molar-refractivity contribution in [3.05, 3.63) is 30.2 Å². The van der Waals surface area contributed by atoms with Crippen LogP contribution in [-0.2, 0) is 4.79 Å². The fourth-order valence-corrected chi connectivity index (χ4v) is 1.93. The van der Waals surface area contributed by atoms with E-state index in [1.54, 1.807) is 19.1 Å². The van der Waals surface area contributed by atoms with Crippen LogP contribution in [-0.4, -0.2) is 16.1 Å². The van der Waals surface area contributed by atoms with Gasteiger partial charge in [-0.05, 0) is 36.6 Å². The monoisotopic (exact) mass is 258 g/mol. The molecule has 2 aromatic rings. The lowest BCUT2D eigenvalue weighted by Crippen LogP contribution is -2.10. The number of benzene rings is 1. The van der Waals surface area contributed by atoms with Gasteiger partial charge < -0.3 is 9.26 Å². The number of hydrogen-bond donors (Lipinski definition) is 0. The second-order valence-corrected chi connectivity index (χ2v) is 4.90. The summed E-state index contributed by atoms with van der Waals surface area (Å²) in [6, 6.07) is 7.10. The molecule has 5 nitrogen and oxygen atoms in total. The number of hydrogen-bond acceptors (Lipinski definition) is 5. The number of ether oxygens (including phenoxy) is 1. The van der Waals surface area contributed by atoms with Crippen LogP contribution >= 0.6 is 0 Å². The van der Waals surface area contributed by atoms with Gasteiger partial charge in [0, 0.05) is 12.5 Å². The summed E-state index contributed by atoms with van der Waals surface area (Å²) < 4.78 is 10.2. The van der Waals surface area contributed by atoms with Gasteiger partial charge in [0.05, 0.1) is 5.92 Å². The molecule has 1 saturated carbocycles. The minimum absolute atomic E-state index is 0.0690. The molecule has 0 bridgehead atoms. The van der Waals surface area contributed by atoms with Crippen molar-refractivity contribution in [1.29, 1.82) is 0 Å². The zero-order valence-electron chi connectivity index (χ0n) is 10.8. The molecule has 0 amide bonds. The second kappa shape index (κ2) is 4.50. The van der Waals surface area contributed by atoms with Gasteiger partial charge in [0.15, 0.2) is 0 Å². The zero-order chi connectivity index (χ0) is 13.4. The van der Waals surface area contributed by atoms with Crippen molar-refractivity contribution in [3.8, 4) is 17.1 Å². The van der Waals surface area contributed by atoms with E-state index in [1.807, 2.05) is 19.1 Å². The van der Waals surface area contributed by atoms with Crippen molar-refractivity contribution in [2.24, 2.45) is 11.8 Å². The Labute approximate surface area is 110 Å². The van der Waals surface area contributed by atoms with Gasteiger partial charge in [0.2, 0.25) is 11.7 Å². The van der Waals surface area contributed by atoms with Crippen molar-refractivity contribution < 1.29 is 14.1 Å². The van der Waals surface area contributed by atoms with E-state index < -0.39 is 0 Å². The molecule has 1 fully saturated rings. The van der Waals surface area contributed by atoms with Crippen LogP contribution in [0.4, 0.5) is 0 Å². The highest BCUT2D eigenvalue weighted by atomic mass is 16.5. The summed E-state index contributed by atoms with van der Waals surface area (Å²) in [5, 5.41) is 3.83. The number of aryl methyl sites for hydroxylation is 1. The van der Waals surface area contributed by atoms with Crippen LogP contribution in [0.2, 0.25) is 0 Å². The van der Waals surface area contributed by atoms with E-state index in [0.717, 1.165) is 12.0 Å². The van der Waals surface area contributed by atoms with Crippen LogP contribution in [0.1, 0.15) is 19.2 Å². The molecule has 0 N–H and O–H groups in total. The third-order valence-electron chi connectivity index (χ3n) is 3.27. The maximum absolute atomic E-state index is 11.7. The van der Waals surface area contributed by atoms with Crippen LogP contribution in [0, 0.1) is 18.8 Å². The van der Waals surface area contributed by atoms with Crippen LogP contribution in [0.25, 0.3) is 11.4 Å². The first kappa shape index (κ1) is 11.9. The molecule has 5 heteroatoms. The maximum atomic E-state index is 11.7. The number of nitrogens with zero attached hydrogens (tertiary/aromatic N) is 2. The first-order valence-corrected chi connectivity index (χ1v) is 6.26. The molecule has 0 aliphatic heterocycles. The third-order valence-corrected chi connectivity index (χ3v) is 3.27. The van der Waals surface area contributed by atoms with Crippen LogP contribution in [0.5, 0.6) is 5.75 Å². The molecule has 1 aromatic heterocycles. The number of esters is 1. The highest BCUT2D eigenvalue weighted by molar-refractivity contribution is 5.78. The van der Waals surface area contributed by atoms with Gasteiger partial charge in [-0.1, -0.05) is 12.1 Å². The molecular formula is C14H14N2O3. The Hall–Kier alpha value is -2.17. The Bertz CT molecular complexity index is 603. The smallest absolute Gasteiger partial charge is 0.314 e. The predicted octanol–water partition coefficient (Wildman–Crippen LogP) is 2.61. The minimum atomic E-state index is -0.143. The first-order valence-electron chi connectivity index (χ1n) is 6.26. The molecule has 3 rings (SSSR count). The summed E-state index contributed by atoms with van der Waals surface area (Å²) in [6.45, 7) is 3.79. The van der Waals surface area contributed by atoms with Crippen LogP contribution < -0.4 is 4.74 Å². The van der Waals surface area contributed by atoms with Crippen molar-refractivity contribution in [2.45, 2.75) is 20.3 Å². The highest BCUT2D eigenvalue weighted by Gasteiger charge is 2.40. The lowest BCUT2D eigenvalue weighted by molar-refractivity contribution is -0.136. The van der Waals surface area contributed by atoms with E-state index in [0.29, 0.717) is 23.4 Å². The molecule has 0 spiro atoms. The van der Waals surface area contributed by atoms with E-state index >= 15 is 0 Å². The van der Waals surface area contributed by atoms with Crippen LogP contribution in [0.3, 0.4) is 0 Å². The molecule has 0 saturated heterocycles. The van der Waals surface area contributed by atoms with Gasteiger partial charge in [-0.25, -0.2) is 0 Å². The van der Waals surface area contributed by atoms with Gasteiger partial charge >= 0.3 is 5.97 Å². The molecule has 1 heterocycles. The summed E-state index contributed by atoms with van der Waals surface area (Å²) in [5.41, 5.74) is 0.830. The number of rotatable bonds is 3. The third kappa shape index (κ3) is 2.50. The summed E-state index contributed by atoms with van der Waals surface area (Å²) in [5.74, 6) is 1.98. The molecular weight excluding hydrogens is 244 g/mol. The van der Waals surface area contributed by atoms with Gasteiger partial charge in [-0.2, -0.15) is 4.98 Å². The first-order chi connectivity index (χ1) is 9.13. The number of carbonyl (C=O) groups is 1. The summed E-state index contributed by atoms with van der Waals surface area (Å²) in [7, 11) is 0. The Morgan fingerprint density at radius 3 is 2.58 bits per heavy atom. The minimum Gasteiger partial charge on any atom is -0.426 e. The summed E-state index contributed by atoms with van der Waals surface area (Å²) in [6.07, 6.45) is 0.930. The molecule has 19 heavy (non-hydrogen) atoms. The van der Waals surface area contributed by atoms with Gasteiger partial charge in [0.25, 0.3) is 0 Å². The Kier molecular flexibility index (Phi) is 2.81. The van der Waals surface area contributed by atoms with E-state index in [4.69, 9.17) is 9.26 Å². The normalized spacial score (nSPS) is 21.2. The highest BCUT2D eigenvalue weighted by Crippen LogP contribution is 2.38. The van der Waals surface area contributed by atoms with Gasteiger partial charge in [-0.15, -0.1) is 0 Å². The van der Waals surface area contributed by atoms with E-state index in [-0.39, 0.29) is 11.9 Å². The van der Waals surface area contributed by atoms with Crippen molar-refractivity contribution in [1.82, 2.24) is 10.1 Å². The largest absolute Gasteiger partial charge is 0.426 e. The van der Waals surface area contributed by atoms with E-state index in [2.05, 4.69) is 10.1 Å². The van der Waals surface area contributed by atoms with Crippen molar-refractivity contribution >= 4 is 5.97 Å². The Balaban J connectivity index is 1.70. The molecule has 1 aromatic carbocycles. The SMILES string of the molecule is Cc1nc(-c2ccc(OC(=O)C3CC3C)cc2)no1. The van der Waals surface area contributed by atoms with Gasteiger partial charge in [-0.3, -0.25) is 4.79 Å². The molecule has 1 aliphatic rings. The van der Waals surface area contributed by atoms with Crippen molar-refractivity contribution in [2.75, 3.05) is 0 Å². The van der Waals surface area contributed by atoms with Crippen molar-refractivity contribution in [3.63, 3.8) is 0 Å². The zero-order valence-corrected chi connectivity index (χ0v) is 10.8. The average Bonchev–Trinajstić information content (AvgIpc) is 2.97. The fraction of sp³-hybridized carbons (Fsp3) is 0.357. The quantitative estimate of drug-likeness (QED) is 0.625. The summed E-state index contributed by atoms with van der Waals surface area (Å²) in [4.78, 5) is 15.8. The molecule has 1 aliphatic carbocycles. The summed E-state index contributed by atoms with van der Waals surface area (Å²) >= 11 is 0. The van der Waals surface area contributed by atoms with E-state index in [9.17, 15) is 4.79 Å². The lowest BCUT2D eigenvalue weighted by Gasteiger charge is -2.03. The van der Waals surface area contributed by atoms with Gasteiger partial charge in [0.1, 0.15) is 5.75 Å². The topological polar surface area (TPSA) is 65.2 Å². The molecule has 2 unspecified atom stereocenters. The molecule has 2 atom stereocenters.